The van der Waals surface area contributed by atoms with E-state index in [2.05, 4.69) is 9.98 Å². The van der Waals surface area contributed by atoms with Gasteiger partial charge < -0.3 is 20.4 Å². The second kappa shape index (κ2) is 13.9. The summed E-state index contributed by atoms with van der Waals surface area (Å²) in [4.78, 5) is 28.0. The maximum Gasteiger partial charge on any atom is 0.271 e. The van der Waals surface area contributed by atoms with Gasteiger partial charge in [0, 0.05) is 64.6 Å². The molecule has 0 saturated heterocycles. The van der Waals surface area contributed by atoms with Gasteiger partial charge in [-0.2, -0.15) is 0 Å². The van der Waals surface area contributed by atoms with Crippen LogP contribution in [0.1, 0.15) is 11.1 Å². The summed E-state index contributed by atoms with van der Waals surface area (Å²) >= 11 is 0. The van der Waals surface area contributed by atoms with Crippen LogP contribution in [0.5, 0.6) is 23.0 Å². The number of non-ortho nitro benzene ring substituents is 2. The van der Waals surface area contributed by atoms with Gasteiger partial charge in [0.05, 0.1) is 9.85 Å². The van der Waals surface area contributed by atoms with Gasteiger partial charge in [-0.05, 0) is 36.4 Å². The Morgan fingerprint density at radius 1 is 0.564 bits per heavy atom. The number of hydrogen-bond donors (Lipinski definition) is 4. The zero-order valence-corrected chi connectivity index (χ0v) is 20.8. The van der Waals surface area contributed by atoms with E-state index >= 15 is 0 Å². The van der Waals surface area contributed by atoms with E-state index in [0.717, 1.165) is 12.1 Å². The second-order valence-electron chi connectivity index (χ2n) is 7.49. The van der Waals surface area contributed by atoms with Crippen LogP contribution in [-0.4, -0.2) is 42.7 Å². The number of rotatable bonds is 6. The molecule has 0 unspecified atom stereocenters. The molecule has 0 atom stereocenters. The Labute approximate surface area is 231 Å². The summed E-state index contributed by atoms with van der Waals surface area (Å²) in [6.45, 7) is 0. The zero-order chi connectivity index (χ0) is 27.7. The second-order valence-corrected chi connectivity index (χ2v) is 7.49. The first-order valence-corrected chi connectivity index (χ1v) is 10.7. The Bertz CT molecular complexity index is 1430. The fraction of sp³-hybridized carbons (Fsp3) is 0. The van der Waals surface area contributed by atoms with E-state index < -0.39 is 9.85 Å². The molecule has 4 aromatic rings. The molecule has 12 nitrogen and oxygen atoms in total. The number of para-hydroxylation sites is 2. The van der Waals surface area contributed by atoms with E-state index in [9.17, 15) is 40.7 Å². The molecule has 0 fully saturated rings. The number of aliphatic imine (C=N–C) groups is 2. The molecule has 0 aliphatic heterocycles. The van der Waals surface area contributed by atoms with Gasteiger partial charge in [0.1, 0.15) is 34.4 Å². The van der Waals surface area contributed by atoms with Crippen molar-refractivity contribution >= 4 is 35.2 Å². The van der Waals surface area contributed by atoms with Crippen molar-refractivity contribution in [3.05, 3.63) is 116 Å². The smallest absolute Gasteiger partial charge is 0.271 e. The molecule has 0 aliphatic carbocycles. The minimum Gasteiger partial charge on any atom is -0.507 e. The topological polar surface area (TPSA) is 192 Å². The number of phenols is 4. The van der Waals surface area contributed by atoms with Crippen molar-refractivity contribution in [1.29, 1.82) is 0 Å². The number of nitro benzene ring substituents is 2. The molecule has 39 heavy (non-hydrogen) atoms. The normalized spacial score (nSPS) is 10.5. The Morgan fingerprint density at radius 2 is 0.923 bits per heavy atom. The maximum absolute atomic E-state index is 10.6. The van der Waals surface area contributed by atoms with Crippen molar-refractivity contribution in [2.75, 3.05) is 0 Å². The van der Waals surface area contributed by atoms with Crippen molar-refractivity contribution in [3.63, 3.8) is 0 Å². The van der Waals surface area contributed by atoms with Crippen LogP contribution in [0.2, 0.25) is 0 Å². The molecule has 0 aromatic heterocycles. The summed E-state index contributed by atoms with van der Waals surface area (Å²) in [5.41, 5.74) is 0.709. The van der Waals surface area contributed by atoms with Crippen LogP contribution in [0.25, 0.3) is 0 Å². The fourth-order valence-electron chi connectivity index (χ4n) is 2.93. The van der Waals surface area contributed by atoms with Crippen molar-refractivity contribution in [2.45, 2.75) is 0 Å². The third-order valence-electron chi connectivity index (χ3n) is 4.90. The predicted octanol–water partition coefficient (Wildman–Crippen LogP) is 5.51. The van der Waals surface area contributed by atoms with E-state index in [0.29, 0.717) is 11.1 Å². The van der Waals surface area contributed by atoms with Crippen LogP contribution in [0.4, 0.5) is 22.7 Å². The molecule has 0 spiro atoms. The summed E-state index contributed by atoms with van der Waals surface area (Å²) in [6.07, 6.45) is 2.65. The van der Waals surface area contributed by atoms with Crippen LogP contribution in [-0.2, 0) is 16.8 Å². The van der Waals surface area contributed by atoms with Crippen LogP contribution in [0.3, 0.4) is 0 Å². The van der Waals surface area contributed by atoms with Crippen molar-refractivity contribution in [2.24, 2.45) is 9.98 Å². The third-order valence-corrected chi connectivity index (χ3v) is 4.90. The van der Waals surface area contributed by atoms with Gasteiger partial charge in [0.2, 0.25) is 0 Å². The summed E-state index contributed by atoms with van der Waals surface area (Å²) in [7, 11) is 0. The average Bonchev–Trinajstić information content (AvgIpc) is 2.89. The quantitative estimate of drug-likeness (QED) is 0.131. The van der Waals surface area contributed by atoms with Crippen LogP contribution < -0.4 is 0 Å². The third kappa shape index (κ3) is 8.38. The minimum atomic E-state index is -0.571. The molecule has 0 heterocycles. The molecule has 4 N–H and O–H groups in total. The first-order valence-electron chi connectivity index (χ1n) is 10.7. The van der Waals surface area contributed by atoms with Gasteiger partial charge in [-0.3, -0.25) is 30.2 Å². The van der Waals surface area contributed by atoms with E-state index in [1.165, 1.54) is 48.8 Å². The molecule has 13 heteroatoms. The number of nitrogens with zero attached hydrogens (tertiary/aromatic N) is 4. The van der Waals surface area contributed by atoms with E-state index in [4.69, 9.17) is 0 Å². The first-order chi connectivity index (χ1) is 18.2. The molecular weight excluding hydrogens is 555 g/mol. The number of nitro groups is 2. The maximum atomic E-state index is 10.6. The fourth-order valence-corrected chi connectivity index (χ4v) is 2.93. The Balaban J connectivity index is 0.000000267. The molecule has 201 valence electrons. The Hall–Kier alpha value is -5.27. The van der Waals surface area contributed by atoms with Gasteiger partial charge in [0.25, 0.3) is 11.4 Å². The van der Waals surface area contributed by atoms with Gasteiger partial charge >= 0.3 is 0 Å². The minimum absolute atomic E-state index is 0. The van der Waals surface area contributed by atoms with Crippen molar-refractivity contribution in [3.8, 4) is 23.0 Å². The molecule has 1 radical (unpaired) electrons. The van der Waals surface area contributed by atoms with Gasteiger partial charge in [-0.25, -0.2) is 0 Å². The van der Waals surface area contributed by atoms with E-state index in [-0.39, 0.29) is 62.5 Å². The number of hydrogen-bond acceptors (Lipinski definition) is 10. The Kier molecular flexibility index (Phi) is 10.7. The summed E-state index contributed by atoms with van der Waals surface area (Å²) < 4.78 is 0. The van der Waals surface area contributed by atoms with Crippen molar-refractivity contribution < 1.29 is 47.1 Å². The van der Waals surface area contributed by atoms with E-state index in [1.807, 2.05) is 0 Å². The summed E-state index contributed by atoms with van der Waals surface area (Å²) in [5, 5.41) is 59.5. The molecule has 0 saturated carbocycles. The summed E-state index contributed by atoms with van der Waals surface area (Å²) in [6, 6.07) is 20.1. The zero-order valence-electron chi connectivity index (χ0n) is 19.8. The van der Waals surface area contributed by atoms with Crippen LogP contribution >= 0.6 is 0 Å². The van der Waals surface area contributed by atoms with Crippen LogP contribution in [0, 0.1) is 20.2 Å². The van der Waals surface area contributed by atoms with Gasteiger partial charge in [-0.1, -0.05) is 24.3 Å². The monoisotopic (exact) mass is 575 g/mol. The summed E-state index contributed by atoms with van der Waals surface area (Å²) in [5.74, 6) is -0.262. The van der Waals surface area contributed by atoms with Gasteiger partial charge in [0.15, 0.2) is 0 Å². The molecule has 0 bridgehead atoms. The van der Waals surface area contributed by atoms with Gasteiger partial charge in [-0.15, -0.1) is 0 Å². The van der Waals surface area contributed by atoms with Crippen LogP contribution in [0.15, 0.2) is 94.9 Å². The first kappa shape index (κ1) is 30.0. The SMILES string of the molecule is O=[N+]([O-])c1ccc(O)c(N=Cc2ccccc2O)c1.O=[N+]([O-])c1ccc(O)c(N=Cc2ccccc2O)c1.[Co]. The largest absolute Gasteiger partial charge is 0.507 e. The number of aromatic hydroxyl groups is 4. The number of phenolic OH excluding ortho intramolecular Hbond substituents is 4. The molecule has 0 amide bonds. The molecule has 4 aromatic carbocycles. The molecular formula is C26H20CoN4O8. The average molecular weight is 575 g/mol. The molecule has 0 aliphatic rings. The van der Waals surface area contributed by atoms with E-state index in [1.54, 1.807) is 36.4 Å². The predicted molar refractivity (Wildman–Crippen MR) is 140 cm³/mol. The molecule has 4 rings (SSSR count). The van der Waals surface area contributed by atoms with Crippen molar-refractivity contribution in [1.82, 2.24) is 0 Å². The number of benzene rings is 4. The standard InChI is InChI=1S/2C13H10N2O4.Co/c2*16-12-4-2-1-3-9(12)8-14-11-7-10(15(18)19)5-6-13(11)17;/h2*1-8,16-17H;. The Morgan fingerprint density at radius 3 is 1.26 bits per heavy atom.